The average molecular weight is 371 g/mol. The normalized spacial score (nSPS) is 11.4. The van der Waals surface area contributed by atoms with Crippen molar-refractivity contribution in [2.75, 3.05) is 0 Å². The SMILES string of the molecule is CCCCCCCC/C=C/CCCCCCCCCCCCC(=O)Cl. The van der Waals surface area contributed by atoms with Gasteiger partial charge in [0, 0.05) is 6.42 Å². The van der Waals surface area contributed by atoms with Crippen LogP contribution in [0.4, 0.5) is 0 Å². The summed E-state index contributed by atoms with van der Waals surface area (Å²) in [5.41, 5.74) is 0. The summed E-state index contributed by atoms with van der Waals surface area (Å²) in [5, 5.41) is -0.183. The molecule has 0 saturated carbocycles. The summed E-state index contributed by atoms with van der Waals surface area (Å²) in [7, 11) is 0. The van der Waals surface area contributed by atoms with Crippen molar-refractivity contribution in [2.45, 2.75) is 129 Å². The first-order valence-corrected chi connectivity index (χ1v) is 11.5. The fraction of sp³-hybridized carbons (Fsp3) is 0.870. The number of unbranched alkanes of at least 4 members (excludes halogenated alkanes) is 16. The lowest BCUT2D eigenvalue weighted by atomic mass is 10.0. The molecule has 0 aromatic rings. The third kappa shape index (κ3) is 23.7. The van der Waals surface area contributed by atoms with Crippen LogP contribution in [0.5, 0.6) is 0 Å². The number of rotatable bonds is 20. The summed E-state index contributed by atoms with van der Waals surface area (Å²) >= 11 is 5.32. The van der Waals surface area contributed by atoms with Crippen LogP contribution in [0.1, 0.15) is 129 Å². The molecule has 0 aromatic carbocycles. The largest absolute Gasteiger partial charge is 0.281 e. The Labute approximate surface area is 163 Å². The van der Waals surface area contributed by atoms with E-state index >= 15 is 0 Å². The quantitative estimate of drug-likeness (QED) is 0.119. The van der Waals surface area contributed by atoms with Crippen molar-refractivity contribution in [2.24, 2.45) is 0 Å². The topological polar surface area (TPSA) is 17.1 Å². The second-order valence-electron chi connectivity index (χ2n) is 7.46. The first-order chi connectivity index (χ1) is 12.3. The van der Waals surface area contributed by atoms with Gasteiger partial charge in [-0.25, -0.2) is 0 Å². The van der Waals surface area contributed by atoms with E-state index in [1.54, 1.807) is 0 Å². The maximum Gasteiger partial charge on any atom is 0.221 e. The minimum absolute atomic E-state index is 0.183. The van der Waals surface area contributed by atoms with E-state index in [1.807, 2.05) is 0 Å². The second-order valence-corrected chi connectivity index (χ2v) is 7.88. The second kappa shape index (κ2) is 21.7. The van der Waals surface area contributed by atoms with E-state index in [2.05, 4.69) is 19.1 Å². The molecule has 0 heterocycles. The van der Waals surface area contributed by atoms with Crippen molar-refractivity contribution in [3.63, 3.8) is 0 Å². The van der Waals surface area contributed by atoms with Gasteiger partial charge in [0.1, 0.15) is 0 Å². The van der Waals surface area contributed by atoms with E-state index < -0.39 is 0 Å². The van der Waals surface area contributed by atoms with Crippen LogP contribution in [0, 0.1) is 0 Å². The summed E-state index contributed by atoms with van der Waals surface area (Å²) in [5.74, 6) is 0. The molecule has 0 fully saturated rings. The van der Waals surface area contributed by atoms with Crippen LogP contribution < -0.4 is 0 Å². The molecule has 0 N–H and O–H groups in total. The van der Waals surface area contributed by atoms with Crippen molar-refractivity contribution in [1.82, 2.24) is 0 Å². The molecule has 0 unspecified atom stereocenters. The molecule has 2 heteroatoms. The molecule has 25 heavy (non-hydrogen) atoms. The third-order valence-electron chi connectivity index (χ3n) is 4.89. The highest BCUT2D eigenvalue weighted by Gasteiger charge is 1.96. The smallest absolute Gasteiger partial charge is 0.221 e. The molecule has 148 valence electrons. The Morgan fingerprint density at radius 1 is 0.600 bits per heavy atom. The van der Waals surface area contributed by atoms with E-state index in [1.165, 1.54) is 103 Å². The average Bonchev–Trinajstić information content (AvgIpc) is 2.60. The monoisotopic (exact) mass is 370 g/mol. The number of carbonyl (C=O) groups excluding carboxylic acids is 1. The molecule has 0 bridgehead atoms. The minimum atomic E-state index is -0.183. The third-order valence-corrected chi connectivity index (χ3v) is 5.07. The van der Waals surface area contributed by atoms with Gasteiger partial charge in [0.2, 0.25) is 5.24 Å². The maximum atomic E-state index is 10.6. The van der Waals surface area contributed by atoms with Gasteiger partial charge >= 0.3 is 0 Å². The molecule has 0 aromatic heterocycles. The molecule has 0 aliphatic heterocycles. The lowest BCUT2D eigenvalue weighted by Gasteiger charge is -2.02. The lowest BCUT2D eigenvalue weighted by molar-refractivity contribution is -0.111. The number of hydrogen-bond acceptors (Lipinski definition) is 1. The summed E-state index contributed by atoms with van der Waals surface area (Å²) < 4.78 is 0. The highest BCUT2D eigenvalue weighted by molar-refractivity contribution is 6.63. The predicted octanol–water partition coefficient (Wildman–Crippen LogP) is 8.74. The predicted molar refractivity (Wildman–Crippen MR) is 113 cm³/mol. The zero-order chi connectivity index (χ0) is 18.4. The molecule has 0 atom stereocenters. The summed E-state index contributed by atoms with van der Waals surface area (Å²) in [6.45, 7) is 2.28. The van der Waals surface area contributed by atoms with E-state index in [-0.39, 0.29) is 5.24 Å². The van der Waals surface area contributed by atoms with E-state index in [0.717, 1.165) is 12.8 Å². The summed E-state index contributed by atoms with van der Waals surface area (Å²) in [6, 6.07) is 0. The molecule has 0 spiro atoms. The van der Waals surface area contributed by atoms with Crippen molar-refractivity contribution < 1.29 is 4.79 Å². The Morgan fingerprint density at radius 2 is 0.960 bits per heavy atom. The number of hydrogen-bond donors (Lipinski definition) is 0. The van der Waals surface area contributed by atoms with Crippen LogP contribution in [0.3, 0.4) is 0 Å². The zero-order valence-electron chi connectivity index (χ0n) is 16.9. The van der Waals surface area contributed by atoms with E-state index in [0.29, 0.717) is 6.42 Å². The minimum Gasteiger partial charge on any atom is -0.281 e. The number of halogens is 1. The lowest BCUT2D eigenvalue weighted by Crippen LogP contribution is -1.86. The van der Waals surface area contributed by atoms with Crippen LogP contribution in [0.2, 0.25) is 0 Å². The fourth-order valence-corrected chi connectivity index (χ4v) is 3.35. The van der Waals surface area contributed by atoms with E-state index in [9.17, 15) is 4.79 Å². The molecular weight excluding hydrogens is 328 g/mol. The van der Waals surface area contributed by atoms with Gasteiger partial charge in [0.15, 0.2) is 0 Å². The van der Waals surface area contributed by atoms with Gasteiger partial charge in [-0.15, -0.1) is 0 Å². The van der Waals surface area contributed by atoms with E-state index in [4.69, 9.17) is 11.6 Å². The van der Waals surface area contributed by atoms with Crippen molar-refractivity contribution in [1.29, 1.82) is 0 Å². The van der Waals surface area contributed by atoms with Crippen LogP contribution in [-0.4, -0.2) is 5.24 Å². The molecule has 0 rings (SSSR count). The molecular formula is C23H43ClO. The van der Waals surface area contributed by atoms with Crippen molar-refractivity contribution in [3.05, 3.63) is 12.2 Å². The molecule has 0 radical (unpaired) electrons. The number of carbonyl (C=O) groups is 1. The Hall–Kier alpha value is -0.300. The first kappa shape index (κ1) is 24.7. The van der Waals surface area contributed by atoms with Gasteiger partial charge in [-0.3, -0.25) is 4.79 Å². The van der Waals surface area contributed by atoms with Crippen LogP contribution in [-0.2, 0) is 4.79 Å². The van der Waals surface area contributed by atoms with Gasteiger partial charge in [-0.05, 0) is 43.7 Å². The molecule has 0 saturated heterocycles. The maximum absolute atomic E-state index is 10.6. The molecule has 0 amide bonds. The van der Waals surface area contributed by atoms with Gasteiger partial charge in [0.05, 0.1) is 0 Å². The van der Waals surface area contributed by atoms with Gasteiger partial charge in [-0.1, -0.05) is 103 Å². The van der Waals surface area contributed by atoms with Crippen molar-refractivity contribution in [3.8, 4) is 0 Å². The van der Waals surface area contributed by atoms with Gasteiger partial charge in [-0.2, -0.15) is 0 Å². The van der Waals surface area contributed by atoms with Crippen LogP contribution >= 0.6 is 11.6 Å². The zero-order valence-corrected chi connectivity index (χ0v) is 17.6. The summed E-state index contributed by atoms with van der Waals surface area (Å²) in [6.07, 6.45) is 29.3. The highest BCUT2D eigenvalue weighted by Crippen LogP contribution is 2.13. The standard InChI is InChI=1S/C23H43ClO/c1-2-3-4-5-6-7-8-9-10-11-12-13-14-15-16-17-18-19-20-21-22-23(24)25/h9-10H,2-8,11-22H2,1H3/b10-9+. The Bertz CT molecular complexity index is 298. The molecule has 0 aliphatic carbocycles. The highest BCUT2D eigenvalue weighted by atomic mass is 35.5. The molecule has 1 nitrogen and oxygen atoms in total. The van der Waals surface area contributed by atoms with Gasteiger partial charge in [0.25, 0.3) is 0 Å². The fourth-order valence-electron chi connectivity index (χ4n) is 3.22. The van der Waals surface area contributed by atoms with Crippen LogP contribution in [0.25, 0.3) is 0 Å². The Morgan fingerprint density at radius 3 is 1.36 bits per heavy atom. The van der Waals surface area contributed by atoms with Crippen molar-refractivity contribution >= 4 is 16.8 Å². The summed E-state index contributed by atoms with van der Waals surface area (Å²) in [4.78, 5) is 10.6. The van der Waals surface area contributed by atoms with Gasteiger partial charge < -0.3 is 0 Å². The first-order valence-electron chi connectivity index (χ1n) is 11.1. The Kier molecular flexibility index (Phi) is 21.5. The number of allylic oxidation sites excluding steroid dienone is 2. The Balaban J connectivity index is 3.06. The molecule has 0 aliphatic rings. The van der Waals surface area contributed by atoms with Crippen LogP contribution in [0.15, 0.2) is 12.2 Å².